The van der Waals surface area contributed by atoms with Crippen LogP contribution in [-0.2, 0) is 0 Å². The summed E-state index contributed by atoms with van der Waals surface area (Å²) in [6.45, 7) is 7.37. The Kier molecular flexibility index (Phi) is 5.46. The van der Waals surface area contributed by atoms with Crippen LogP contribution in [0.4, 0.5) is 0 Å². The number of nitriles is 1. The first-order chi connectivity index (χ1) is 9.56. The molecule has 0 amide bonds. The van der Waals surface area contributed by atoms with Crippen molar-refractivity contribution in [1.82, 2.24) is 10.2 Å². The van der Waals surface area contributed by atoms with Gasteiger partial charge >= 0.3 is 0 Å². The largest absolute Gasteiger partial charge is 0.306 e. The van der Waals surface area contributed by atoms with E-state index in [-0.39, 0.29) is 5.54 Å². The van der Waals surface area contributed by atoms with E-state index >= 15 is 0 Å². The number of hydrogen-bond acceptors (Lipinski definition) is 3. The molecule has 0 aliphatic heterocycles. The van der Waals surface area contributed by atoms with Gasteiger partial charge in [0, 0.05) is 13.1 Å². The SMILES string of the molecule is CCCNC(C)(C#N)CCN(C)CC1CC2CCC1C2. The molecule has 0 radical (unpaired) electrons. The minimum atomic E-state index is -0.362. The van der Waals surface area contributed by atoms with Crippen LogP contribution in [0.25, 0.3) is 0 Å². The highest BCUT2D eigenvalue weighted by atomic mass is 15.1. The monoisotopic (exact) mass is 277 g/mol. The fourth-order valence-electron chi connectivity index (χ4n) is 4.09. The zero-order valence-corrected chi connectivity index (χ0v) is 13.5. The first kappa shape index (κ1) is 15.8. The molecule has 20 heavy (non-hydrogen) atoms. The third-order valence-electron chi connectivity index (χ3n) is 5.44. The third kappa shape index (κ3) is 3.96. The van der Waals surface area contributed by atoms with E-state index in [2.05, 4.69) is 30.3 Å². The van der Waals surface area contributed by atoms with Crippen molar-refractivity contribution in [3.05, 3.63) is 0 Å². The Bertz CT molecular complexity index is 349. The molecule has 114 valence electrons. The van der Waals surface area contributed by atoms with Gasteiger partial charge in [0.1, 0.15) is 5.54 Å². The quantitative estimate of drug-likeness (QED) is 0.741. The van der Waals surface area contributed by atoms with Crippen LogP contribution in [-0.4, -0.2) is 37.1 Å². The van der Waals surface area contributed by atoms with Crippen molar-refractivity contribution in [2.24, 2.45) is 17.8 Å². The molecule has 2 saturated carbocycles. The molecule has 3 nitrogen and oxygen atoms in total. The van der Waals surface area contributed by atoms with Gasteiger partial charge in [0.05, 0.1) is 6.07 Å². The summed E-state index contributed by atoms with van der Waals surface area (Å²) in [6.07, 6.45) is 7.90. The molecule has 0 aromatic heterocycles. The number of hydrogen-bond donors (Lipinski definition) is 1. The van der Waals surface area contributed by atoms with Crippen LogP contribution in [0.3, 0.4) is 0 Å². The summed E-state index contributed by atoms with van der Waals surface area (Å²) >= 11 is 0. The molecule has 4 unspecified atom stereocenters. The molecule has 0 spiro atoms. The topological polar surface area (TPSA) is 39.1 Å². The zero-order chi connectivity index (χ0) is 14.6. The van der Waals surface area contributed by atoms with Gasteiger partial charge in [-0.3, -0.25) is 5.32 Å². The van der Waals surface area contributed by atoms with Crippen molar-refractivity contribution in [3.8, 4) is 6.07 Å². The second-order valence-electron chi connectivity index (χ2n) is 7.32. The zero-order valence-electron chi connectivity index (χ0n) is 13.5. The van der Waals surface area contributed by atoms with Crippen molar-refractivity contribution in [2.75, 3.05) is 26.7 Å². The highest BCUT2D eigenvalue weighted by molar-refractivity contribution is 5.04. The molecule has 2 bridgehead atoms. The summed E-state index contributed by atoms with van der Waals surface area (Å²) in [4.78, 5) is 2.45. The predicted octanol–water partition coefficient (Wildman–Crippen LogP) is 3.03. The lowest BCUT2D eigenvalue weighted by Crippen LogP contribution is -2.44. The van der Waals surface area contributed by atoms with Crippen molar-refractivity contribution in [2.45, 2.75) is 57.9 Å². The van der Waals surface area contributed by atoms with Gasteiger partial charge in [-0.25, -0.2) is 0 Å². The minimum absolute atomic E-state index is 0.362. The van der Waals surface area contributed by atoms with Gasteiger partial charge in [-0.05, 0) is 70.4 Å². The highest BCUT2D eigenvalue weighted by Crippen LogP contribution is 2.48. The first-order valence-corrected chi connectivity index (χ1v) is 8.41. The lowest BCUT2D eigenvalue weighted by molar-refractivity contribution is 0.207. The Hall–Kier alpha value is -0.590. The number of nitrogens with one attached hydrogen (secondary N) is 1. The van der Waals surface area contributed by atoms with Crippen LogP contribution >= 0.6 is 0 Å². The van der Waals surface area contributed by atoms with E-state index in [9.17, 15) is 5.26 Å². The maximum Gasteiger partial charge on any atom is 0.105 e. The van der Waals surface area contributed by atoms with Crippen molar-refractivity contribution < 1.29 is 0 Å². The molecule has 0 heterocycles. The maximum atomic E-state index is 9.36. The maximum absolute atomic E-state index is 9.36. The van der Waals surface area contributed by atoms with E-state index in [1.54, 1.807) is 0 Å². The molecule has 4 atom stereocenters. The van der Waals surface area contributed by atoms with E-state index in [1.807, 2.05) is 6.92 Å². The van der Waals surface area contributed by atoms with E-state index in [0.717, 1.165) is 43.7 Å². The lowest BCUT2D eigenvalue weighted by Gasteiger charge is -2.30. The first-order valence-electron chi connectivity index (χ1n) is 8.41. The Morgan fingerprint density at radius 1 is 1.35 bits per heavy atom. The van der Waals surface area contributed by atoms with Gasteiger partial charge in [0.25, 0.3) is 0 Å². The highest BCUT2D eigenvalue weighted by Gasteiger charge is 2.39. The smallest absolute Gasteiger partial charge is 0.105 e. The molecule has 2 aliphatic carbocycles. The van der Waals surface area contributed by atoms with E-state index in [1.165, 1.54) is 32.2 Å². The second kappa shape index (κ2) is 6.91. The molecule has 0 saturated heterocycles. The van der Waals surface area contributed by atoms with Crippen molar-refractivity contribution >= 4 is 0 Å². The van der Waals surface area contributed by atoms with Crippen LogP contribution < -0.4 is 5.32 Å². The normalized spacial score (nSPS) is 31.4. The van der Waals surface area contributed by atoms with E-state index < -0.39 is 0 Å². The van der Waals surface area contributed by atoms with Gasteiger partial charge in [-0.15, -0.1) is 0 Å². The van der Waals surface area contributed by atoms with Gasteiger partial charge in [-0.2, -0.15) is 5.26 Å². The second-order valence-corrected chi connectivity index (χ2v) is 7.32. The number of fused-ring (bicyclic) bond motifs is 2. The van der Waals surface area contributed by atoms with Crippen molar-refractivity contribution in [3.63, 3.8) is 0 Å². The summed E-state index contributed by atoms with van der Waals surface area (Å²) < 4.78 is 0. The van der Waals surface area contributed by atoms with Gasteiger partial charge in [0.15, 0.2) is 0 Å². The van der Waals surface area contributed by atoms with Gasteiger partial charge in [-0.1, -0.05) is 13.3 Å². The Labute approximate surface area is 124 Å². The summed E-state index contributed by atoms with van der Waals surface area (Å²) in [7, 11) is 2.23. The lowest BCUT2D eigenvalue weighted by atomic mass is 9.88. The summed E-state index contributed by atoms with van der Waals surface area (Å²) in [6, 6.07) is 2.45. The van der Waals surface area contributed by atoms with Crippen LogP contribution in [0.15, 0.2) is 0 Å². The molecule has 0 aromatic carbocycles. The fourth-order valence-corrected chi connectivity index (χ4v) is 4.09. The molecular formula is C17H31N3. The predicted molar refractivity (Wildman–Crippen MR) is 83.4 cm³/mol. The Balaban J connectivity index is 1.71. The number of nitrogens with zero attached hydrogens (tertiary/aromatic N) is 2. The summed E-state index contributed by atoms with van der Waals surface area (Å²) in [5, 5.41) is 12.7. The number of rotatable bonds is 8. The standard InChI is InChI=1S/C17H31N3/c1-4-8-19-17(2,13-18)7-9-20(3)12-16-11-14-5-6-15(16)10-14/h14-16,19H,4-12H2,1-3H3. The van der Waals surface area contributed by atoms with E-state index in [4.69, 9.17) is 0 Å². The average Bonchev–Trinajstić information content (AvgIpc) is 3.05. The van der Waals surface area contributed by atoms with Crippen LogP contribution in [0.5, 0.6) is 0 Å². The van der Waals surface area contributed by atoms with Gasteiger partial charge in [0.2, 0.25) is 0 Å². The van der Waals surface area contributed by atoms with E-state index in [0.29, 0.717) is 0 Å². The van der Waals surface area contributed by atoms with Crippen LogP contribution in [0.2, 0.25) is 0 Å². The molecule has 3 heteroatoms. The third-order valence-corrected chi connectivity index (χ3v) is 5.44. The minimum Gasteiger partial charge on any atom is -0.306 e. The summed E-state index contributed by atoms with van der Waals surface area (Å²) in [5.41, 5.74) is -0.362. The average molecular weight is 277 g/mol. The molecule has 1 N–H and O–H groups in total. The Morgan fingerprint density at radius 3 is 2.70 bits per heavy atom. The van der Waals surface area contributed by atoms with Gasteiger partial charge < -0.3 is 4.90 Å². The molecule has 0 aromatic rings. The molecular weight excluding hydrogens is 246 g/mol. The van der Waals surface area contributed by atoms with Crippen LogP contribution in [0, 0.1) is 29.1 Å². The molecule has 2 rings (SSSR count). The summed E-state index contributed by atoms with van der Waals surface area (Å²) in [5.74, 6) is 2.97. The molecule has 2 aliphatic rings. The Morgan fingerprint density at radius 2 is 2.15 bits per heavy atom. The van der Waals surface area contributed by atoms with Crippen LogP contribution in [0.1, 0.15) is 52.4 Å². The fraction of sp³-hybridized carbons (Fsp3) is 0.941. The molecule has 2 fully saturated rings. The van der Waals surface area contributed by atoms with Crippen molar-refractivity contribution in [1.29, 1.82) is 5.26 Å².